The molecule has 0 aromatic carbocycles. The summed E-state index contributed by atoms with van der Waals surface area (Å²) in [5.74, 6) is -0.124. The van der Waals surface area contributed by atoms with Crippen LogP contribution in [0, 0.1) is 12.8 Å². The Labute approximate surface area is 114 Å². The fourth-order valence-corrected chi connectivity index (χ4v) is 2.11. The molecule has 1 rings (SSSR count). The second kappa shape index (κ2) is 6.07. The van der Waals surface area contributed by atoms with Gasteiger partial charge >= 0.3 is 0 Å². The zero-order valence-electron chi connectivity index (χ0n) is 9.66. The average molecular weight is 316 g/mol. The van der Waals surface area contributed by atoms with Gasteiger partial charge in [0.2, 0.25) is 5.91 Å². The van der Waals surface area contributed by atoms with Gasteiger partial charge < -0.3 is 11.1 Å². The van der Waals surface area contributed by atoms with Crippen LogP contribution >= 0.6 is 28.1 Å². The summed E-state index contributed by atoms with van der Waals surface area (Å²) in [5, 5.41) is 2.73. The Hall–Kier alpha value is -1.01. The SMILES string of the molecule is CCC(C(=O)Nc1ncc(Br)cc1C)C(N)=S. The fraction of sp³-hybridized carbons (Fsp3) is 0.364. The molecule has 1 unspecified atom stereocenters. The van der Waals surface area contributed by atoms with E-state index in [2.05, 4.69) is 26.2 Å². The summed E-state index contributed by atoms with van der Waals surface area (Å²) in [6.45, 7) is 3.74. The molecule has 6 heteroatoms. The van der Waals surface area contributed by atoms with Gasteiger partial charge in [0.15, 0.2) is 0 Å². The standard InChI is InChI=1S/C11H14BrN3OS/c1-3-8(9(13)17)11(16)15-10-6(2)4-7(12)5-14-10/h4-5,8H,3H2,1-2H3,(H2,13,17)(H,14,15,16). The van der Waals surface area contributed by atoms with Crippen molar-refractivity contribution in [2.75, 3.05) is 5.32 Å². The molecule has 0 aliphatic heterocycles. The number of aryl methyl sites for hydroxylation is 1. The lowest BCUT2D eigenvalue weighted by Gasteiger charge is -2.14. The predicted molar refractivity (Wildman–Crippen MR) is 75.9 cm³/mol. The molecule has 1 amide bonds. The third kappa shape index (κ3) is 3.74. The van der Waals surface area contributed by atoms with Gasteiger partial charge in [0.1, 0.15) is 5.82 Å². The van der Waals surface area contributed by atoms with Gasteiger partial charge in [-0.25, -0.2) is 4.98 Å². The summed E-state index contributed by atoms with van der Waals surface area (Å²) in [5.41, 5.74) is 6.39. The molecule has 1 heterocycles. The van der Waals surface area contributed by atoms with Crippen LogP contribution in [0.4, 0.5) is 5.82 Å². The highest BCUT2D eigenvalue weighted by molar-refractivity contribution is 9.10. The molecule has 0 aliphatic rings. The minimum atomic E-state index is -0.449. The smallest absolute Gasteiger partial charge is 0.235 e. The first-order valence-corrected chi connectivity index (χ1v) is 6.38. The van der Waals surface area contributed by atoms with Crippen molar-refractivity contribution in [2.45, 2.75) is 20.3 Å². The van der Waals surface area contributed by atoms with Crippen molar-refractivity contribution in [3.8, 4) is 0 Å². The highest BCUT2D eigenvalue weighted by Crippen LogP contribution is 2.17. The van der Waals surface area contributed by atoms with Gasteiger partial charge in [-0.2, -0.15) is 0 Å². The first-order chi connectivity index (χ1) is 7.95. The summed E-state index contributed by atoms with van der Waals surface area (Å²) < 4.78 is 0.870. The van der Waals surface area contributed by atoms with Crippen molar-refractivity contribution >= 4 is 44.9 Å². The highest BCUT2D eigenvalue weighted by atomic mass is 79.9. The molecule has 1 atom stereocenters. The van der Waals surface area contributed by atoms with Crippen molar-refractivity contribution in [3.63, 3.8) is 0 Å². The second-order valence-corrected chi connectivity index (χ2v) is 5.06. The minimum Gasteiger partial charge on any atom is -0.393 e. The minimum absolute atomic E-state index is 0.208. The van der Waals surface area contributed by atoms with Crippen LogP contribution in [0.1, 0.15) is 18.9 Å². The molecule has 4 nitrogen and oxygen atoms in total. The predicted octanol–water partition coefficient (Wildman–Crippen LogP) is 2.40. The monoisotopic (exact) mass is 315 g/mol. The third-order valence-corrected chi connectivity index (χ3v) is 3.07. The van der Waals surface area contributed by atoms with E-state index < -0.39 is 5.92 Å². The Kier molecular flexibility index (Phi) is 5.02. The van der Waals surface area contributed by atoms with Gasteiger partial charge in [-0.15, -0.1) is 0 Å². The van der Waals surface area contributed by atoms with E-state index >= 15 is 0 Å². The highest BCUT2D eigenvalue weighted by Gasteiger charge is 2.20. The van der Waals surface area contributed by atoms with Gasteiger partial charge in [0, 0.05) is 10.7 Å². The molecule has 17 heavy (non-hydrogen) atoms. The van der Waals surface area contributed by atoms with Crippen molar-refractivity contribution < 1.29 is 4.79 Å². The van der Waals surface area contributed by atoms with Crippen molar-refractivity contribution in [2.24, 2.45) is 11.7 Å². The summed E-state index contributed by atoms with van der Waals surface area (Å²) in [4.78, 5) is 16.2. The number of carbonyl (C=O) groups is 1. The zero-order valence-corrected chi connectivity index (χ0v) is 12.1. The van der Waals surface area contributed by atoms with E-state index in [0.717, 1.165) is 10.0 Å². The number of carbonyl (C=O) groups excluding carboxylic acids is 1. The largest absolute Gasteiger partial charge is 0.393 e. The summed E-state index contributed by atoms with van der Waals surface area (Å²) in [6, 6.07) is 1.88. The first kappa shape index (κ1) is 14.1. The molecule has 0 spiro atoms. The molecule has 1 aromatic rings. The normalized spacial score (nSPS) is 11.9. The number of rotatable bonds is 4. The number of nitrogens with two attached hydrogens (primary N) is 1. The van der Waals surface area contributed by atoms with E-state index in [1.807, 2.05) is 19.9 Å². The molecule has 0 radical (unpaired) electrons. The number of aromatic nitrogens is 1. The maximum absolute atomic E-state index is 11.9. The summed E-state index contributed by atoms with van der Waals surface area (Å²) in [7, 11) is 0. The Morgan fingerprint density at radius 1 is 1.71 bits per heavy atom. The molecule has 92 valence electrons. The number of hydrogen-bond acceptors (Lipinski definition) is 3. The molecular weight excluding hydrogens is 302 g/mol. The van der Waals surface area contributed by atoms with Gasteiger partial charge in [-0.05, 0) is 40.9 Å². The maximum atomic E-state index is 11.9. The van der Waals surface area contributed by atoms with Crippen LogP contribution in [0.3, 0.4) is 0 Å². The van der Waals surface area contributed by atoms with Crippen LogP contribution in [0.5, 0.6) is 0 Å². The summed E-state index contributed by atoms with van der Waals surface area (Å²) >= 11 is 8.16. The first-order valence-electron chi connectivity index (χ1n) is 5.18. The number of thiocarbonyl (C=S) groups is 1. The summed E-state index contributed by atoms with van der Waals surface area (Å²) in [6.07, 6.45) is 2.21. The topological polar surface area (TPSA) is 68.0 Å². The van der Waals surface area contributed by atoms with E-state index in [4.69, 9.17) is 18.0 Å². The van der Waals surface area contributed by atoms with E-state index in [1.165, 1.54) is 0 Å². The van der Waals surface area contributed by atoms with Gasteiger partial charge in [-0.3, -0.25) is 4.79 Å². The Morgan fingerprint density at radius 3 is 2.82 bits per heavy atom. The lowest BCUT2D eigenvalue weighted by Crippen LogP contribution is -2.33. The van der Waals surface area contributed by atoms with E-state index in [9.17, 15) is 4.79 Å². The maximum Gasteiger partial charge on any atom is 0.235 e. The Bertz CT molecular complexity index is 450. The van der Waals surface area contributed by atoms with Crippen LogP contribution in [0.15, 0.2) is 16.7 Å². The van der Waals surface area contributed by atoms with E-state index in [1.54, 1.807) is 6.20 Å². The number of nitrogens with zero attached hydrogens (tertiary/aromatic N) is 1. The average Bonchev–Trinajstić information content (AvgIpc) is 2.22. The number of amides is 1. The van der Waals surface area contributed by atoms with E-state index in [-0.39, 0.29) is 10.9 Å². The molecular formula is C11H14BrN3OS. The Morgan fingerprint density at radius 2 is 2.35 bits per heavy atom. The molecule has 0 saturated heterocycles. The molecule has 3 N–H and O–H groups in total. The third-order valence-electron chi connectivity index (χ3n) is 2.35. The van der Waals surface area contributed by atoms with Crippen molar-refractivity contribution in [3.05, 3.63) is 22.3 Å². The van der Waals surface area contributed by atoms with Crippen molar-refractivity contribution in [1.82, 2.24) is 4.98 Å². The van der Waals surface area contributed by atoms with Crippen LogP contribution in [0.25, 0.3) is 0 Å². The lowest BCUT2D eigenvalue weighted by molar-refractivity contribution is -0.118. The molecule has 0 saturated carbocycles. The number of nitrogens with one attached hydrogen (secondary N) is 1. The number of anilines is 1. The van der Waals surface area contributed by atoms with Crippen LogP contribution < -0.4 is 11.1 Å². The van der Waals surface area contributed by atoms with Crippen molar-refractivity contribution in [1.29, 1.82) is 0 Å². The quantitative estimate of drug-likeness (QED) is 0.837. The van der Waals surface area contributed by atoms with Crippen LogP contribution in [0.2, 0.25) is 0 Å². The molecule has 1 aromatic heterocycles. The molecule has 0 bridgehead atoms. The lowest BCUT2D eigenvalue weighted by atomic mass is 10.1. The second-order valence-electron chi connectivity index (χ2n) is 3.67. The van der Waals surface area contributed by atoms with Crippen LogP contribution in [-0.4, -0.2) is 15.9 Å². The molecule has 0 fully saturated rings. The van der Waals surface area contributed by atoms with E-state index in [0.29, 0.717) is 12.2 Å². The number of pyridine rings is 1. The van der Waals surface area contributed by atoms with Gasteiger partial charge in [0.05, 0.1) is 10.9 Å². The Balaban J connectivity index is 2.84. The molecule has 0 aliphatic carbocycles. The van der Waals surface area contributed by atoms with Gasteiger partial charge in [-0.1, -0.05) is 19.1 Å². The van der Waals surface area contributed by atoms with Crippen LogP contribution in [-0.2, 0) is 4.79 Å². The van der Waals surface area contributed by atoms with Gasteiger partial charge in [0.25, 0.3) is 0 Å². The fourth-order valence-electron chi connectivity index (χ4n) is 1.39. The number of hydrogen-bond donors (Lipinski definition) is 2. The number of halogens is 1. The zero-order chi connectivity index (χ0) is 13.0.